The number of hydrogen-bond acceptors (Lipinski definition) is 7. The first-order valence-electron chi connectivity index (χ1n) is 26.7. The van der Waals surface area contributed by atoms with Gasteiger partial charge in [-0.15, -0.1) is 0 Å². The highest BCUT2D eigenvalue weighted by molar-refractivity contribution is 5.69. The normalized spacial score (nSPS) is 13.8. The van der Waals surface area contributed by atoms with Gasteiger partial charge in [-0.2, -0.15) is 0 Å². The summed E-state index contributed by atoms with van der Waals surface area (Å²) in [6.45, 7) is 16.0. The topological polar surface area (TPSA) is 74.3 Å². The van der Waals surface area contributed by atoms with E-state index in [1.54, 1.807) is 0 Å². The molecule has 0 saturated carbocycles. The van der Waals surface area contributed by atoms with Gasteiger partial charge in [-0.05, 0) is 76.3 Å². The molecule has 0 aliphatic carbocycles. The van der Waals surface area contributed by atoms with Crippen molar-refractivity contribution in [1.29, 1.82) is 0 Å². The molecule has 1 aliphatic rings. The molecule has 0 aromatic rings. The van der Waals surface area contributed by atoms with Crippen molar-refractivity contribution < 1.29 is 28.5 Å². The maximum absolute atomic E-state index is 12.3. The summed E-state index contributed by atoms with van der Waals surface area (Å²) in [6, 6.07) is 0. The number of likely N-dealkylation sites (tertiary alicyclic amines) is 1. The number of ether oxygens (including phenoxy) is 4. The van der Waals surface area contributed by atoms with Gasteiger partial charge >= 0.3 is 11.9 Å². The standard InChI is InChI=1S/C53H103NO6/c1-5-9-23-33-49(34-24-10-6-2)39-45-59-52(55)37-27-19-15-13-17-21-31-43-57-48-51(47-54-41-29-30-42-54)58-44-32-22-18-14-16-20-28-38-53(56)60-46-40-50(35-25-11-7-3)36-26-12-8-4/h49-51H,5-48H2,1-4H3. The highest BCUT2D eigenvalue weighted by Crippen LogP contribution is 2.23. The molecule has 7 nitrogen and oxygen atoms in total. The lowest BCUT2D eigenvalue weighted by atomic mass is 9.92. The van der Waals surface area contributed by atoms with Crippen LogP contribution in [0.4, 0.5) is 0 Å². The van der Waals surface area contributed by atoms with E-state index in [1.165, 1.54) is 180 Å². The fourth-order valence-corrected chi connectivity index (χ4v) is 8.91. The molecule has 0 bridgehead atoms. The molecule has 1 atom stereocenters. The van der Waals surface area contributed by atoms with Gasteiger partial charge in [-0.25, -0.2) is 0 Å². The van der Waals surface area contributed by atoms with E-state index >= 15 is 0 Å². The Balaban J connectivity index is 2.05. The third-order valence-corrected chi connectivity index (χ3v) is 13.0. The Morgan fingerprint density at radius 1 is 0.433 bits per heavy atom. The van der Waals surface area contributed by atoms with Crippen LogP contribution < -0.4 is 0 Å². The van der Waals surface area contributed by atoms with Crippen LogP contribution in [0.2, 0.25) is 0 Å². The molecule has 0 N–H and O–H groups in total. The Labute approximate surface area is 373 Å². The Kier molecular flexibility index (Phi) is 42.1. The molecule has 1 aliphatic heterocycles. The first-order valence-corrected chi connectivity index (χ1v) is 26.7. The van der Waals surface area contributed by atoms with Gasteiger partial charge in [0.15, 0.2) is 0 Å². The summed E-state index contributed by atoms with van der Waals surface area (Å²) in [4.78, 5) is 27.2. The molecule has 7 heteroatoms. The quantitative estimate of drug-likeness (QED) is 0.0446. The van der Waals surface area contributed by atoms with Crippen molar-refractivity contribution in [1.82, 2.24) is 4.90 Å². The number of nitrogens with zero attached hydrogens (tertiary/aromatic N) is 1. The lowest BCUT2D eigenvalue weighted by Crippen LogP contribution is -2.35. The van der Waals surface area contributed by atoms with Gasteiger partial charge in [0.2, 0.25) is 0 Å². The van der Waals surface area contributed by atoms with Gasteiger partial charge in [0.25, 0.3) is 0 Å². The fourth-order valence-electron chi connectivity index (χ4n) is 8.91. The molecule has 0 radical (unpaired) electrons. The predicted molar refractivity (Wildman–Crippen MR) is 255 cm³/mol. The van der Waals surface area contributed by atoms with Crippen LogP contribution in [0.3, 0.4) is 0 Å². The number of carbonyl (C=O) groups excluding carboxylic acids is 2. The summed E-state index contributed by atoms with van der Waals surface area (Å²) in [6.07, 6.45) is 42.9. The van der Waals surface area contributed by atoms with Crippen LogP contribution in [0.25, 0.3) is 0 Å². The molecule has 356 valence electrons. The molecule has 1 unspecified atom stereocenters. The fraction of sp³-hybridized carbons (Fsp3) is 0.962. The van der Waals surface area contributed by atoms with Crippen molar-refractivity contribution in [3.63, 3.8) is 0 Å². The largest absolute Gasteiger partial charge is 0.466 e. The molecule has 1 heterocycles. The van der Waals surface area contributed by atoms with Crippen molar-refractivity contribution in [2.24, 2.45) is 11.8 Å². The zero-order chi connectivity index (χ0) is 43.4. The second-order valence-corrected chi connectivity index (χ2v) is 18.8. The summed E-state index contributed by atoms with van der Waals surface area (Å²) in [7, 11) is 0. The molecule has 0 aromatic carbocycles. The van der Waals surface area contributed by atoms with Gasteiger partial charge < -0.3 is 23.8 Å². The third kappa shape index (κ3) is 37.4. The maximum atomic E-state index is 12.3. The molecule has 0 amide bonds. The Bertz CT molecular complexity index is 890. The zero-order valence-electron chi connectivity index (χ0n) is 40.7. The summed E-state index contributed by atoms with van der Waals surface area (Å²) in [5.41, 5.74) is 0. The lowest BCUT2D eigenvalue weighted by Gasteiger charge is -2.24. The molecule has 0 spiro atoms. The number of esters is 2. The van der Waals surface area contributed by atoms with Crippen molar-refractivity contribution in [2.45, 2.75) is 265 Å². The smallest absolute Gasteiger partial charge is 0.305 e. The predicted octanol–water partition coefficient (Wildman–Crippen LogP) is 15.1. The SMILES string of the molecule is CCCCCC(CCCCC)CCOC(=O)CCCCCCCCCOCC(CN1CCCC1)OCCCCCCCCCC(=O)OCCC(CCCCC)CCCCC. The van der Waals surface area contributed by atoms with Crippen molar-refractivity contribution >= 4 is 11.9 Å². The van der Waals surface area contributed by atoms with Crippen LogP contribution >= 0.6 is 0 Å². The summed E-state index contributed by atoms with van der Waals surface area (Å²) >= 11 is 0. The average Bonchev–Trinajstić information content (AvgIpc) is 3.76. The monoisotopic (exact) mass is 850 g/mol. The minimum absolute atomic E-state index is 0.00272. The highest BCUT2D eigenvalue weighted by atomic mass is 16.5. The molecular weight excluding hydrogens is 747 g/mol. The molecule has 60 heavy (non-hydrogen) atoms. The number of carbonyl (C=O) groups is 2. The van der Waals surface area contributed by atoms with E-state index in [-0.39, 0.29) is 18.0 Å². The highest BCUT2D eigenvalue weighted by Gasteiger charge is 2.18. The van der Waals surface area contributed by atoms with Gasteiger partial charge in [0.1, 0.15) is 0 Å². The first-order chi connectivity index (χ1) is 29.5. The maximum Gasteiger partial charge on any atom is 0.305 e. The molecule has 1 fully saturated rings. The number of unbranched alkanes of at least 4 members (excludes halogenated alkanes) is 20. The Hall–Kier alpha value is -1.18. The van der Waals surface area contributed by atoms with E-state index in [1.807, 2.05) is 0 Å². The molecular formula is C53H103NO6. The van der Waals surface area contributed by atoms with E-state index in [4.69, 9.17) is 18.9 Å². The van der Waals surface area contributed by atoms with E-state index in [2.05, 4.69) is 32.6 Å². The molecule has 1 rings (SSSR count). The number of rotatable bonds is 47. The van der Waals surface area contributed by atoms with Crippen LogP contribution in [0.15, 0.2) is 0 Å². The van der Waals surface area contributed by atoms with Crippen molar-refractivity contribution in [3.8, 4) is 0 Å². The van der Waals surface area contributed by atoms with Gasteiger partial charge in [-0.1, -0.05) is 195 Å². The lowest BCUT2D eigenvalue weighted by molar-refractivity contribution is -0.145. The summed E-state index contributed by atoms with van der Waals surface area (Å²) in [5.74, 6) is 1.45. The van der Waals surface area contributed by atoms with Gasteiger partial charge in [0.05, 0.1) is 25.9 Å². The number of hydrogen-bond donors (Lipinski definition) is 0. The van der Waals surface area contributed by atoms with E-state index in [0.29, 0.717) is 32.7 Å². The van der Waals surface area contributed by atoms with E-state index < -0.39 is 0 Å². The second kappa shape index (κ2) is 44.4. The van der Waals surface area contributed by atoms with E-state index in [9.17, 15) is 9.59 Å². The Morgan fingerprint density at radius 3 is 1.23 bits per heavy atom. The summed E-state index contributed by atoms with van der Waals surface area (Å²) in [5, 5.41) is 0. The summed E-state index contributed by atoms with van der Waals surface area (Å²) < 4.78 is 23.8. The van der Waals surface area contributed by atoms with E-state index in [0.717, 1.165) is 83.0 Å². The second-order valence-electron chi connectivity index (χ2n) is 18.8. The van der Waals surface area contributed by atoms with Crippen LogP contribution in [0.5, 0.6) is 0 Å². The molecule has 0 aromatic heterocycles. The molecule has 1 saturated heterocycles. The average molecular weight is 850 g/mol. The van der Waals surface area contributed by atoms with Gasteiger partial charge in [-0.3, -0.25) is 9.59 Å². The van der Waals surface area contributed by atoms with Crippen molar-refractivity contribution in [2.75, 3.05) is 52.7 Å². The minimum atomic E-state index is 0.00272. The van der Waals surface area contributed by atoms with Crippen LogP contribution in [-0.4, -0.2) is 75.6 Å². The van der Waals surface area contributed by atoms with Crippen molar-refractivity contribution in [3.05, 3.63) is 0 Å². The first kappa shape index (κ1) is 56.8. The van der Waals surface area contributed by atoms with Crippen LogP contribution in [-0.2, 0) is 28.5 Å². The zero-order valence-corrected chi connectivity index (χ0v) is 40.7. The Morgan fingerprint density at radius 2 is 0.817 bits per heavy atom. The van der Waals surface area contributed by atoms with Gasteiger partial charge in [0, 0.05) is 32.6 Å². The van der Waals surface area contributed by atoms with Crippen LogP contribution in [0.1, 0.15) is 259 Å². The van der Waals surface area contributed by atoms with Crippen LogP contribution in [0, 0.1) is 11.8 Å². The minimum Gasteiger partial charge on any atom is -0.466 e. The third-order valence-electron chi connectivity index (χ3n) is 13.0.